The molecule has 0 spiro atoms. The molecule has 1 atom stereocenters. The first-order valence-electron chi connectivity index (χ1n) is 5.86. The van der Waals surface area contributed by atoms with Crippen LogP contribution in [-0.4, -0.2) is 23.2 Å². The predicted octanol–water partition coefficient (Wildman–Crippen LogP) is 3.47. The van der Waals surface area contributed by atoms with Gasteiger partial charge < -0.3 is 10.1 Å². The van der Waals surface area contributed by atoms with Crippen molar-refractivity contribution >= 4 is 22.0 Å². The maximum Gasteiger partial charge on any atom is 0.407 e. The summed E-state index contributed by atoms with van der Waals surface area (Å²) in [4.78, 5) is 15.8. The summed E-state index contributed by atoms with van der Waals surface area (Å²) in [5, 5.41) is 2.74. The van der Waals surface area contributed by atoms with E-state index in [1.807, 2.05) is 39.8 Å². The second-order valence-electron chi connectivity index (χ2n) is 5.19. The van der Waals surface area contributed by atoms with E-state index in [4.69, 9.17) is 4.74 Å². The number of hydrogen-bond donors (Lipinski definition) is 1. The lowest BCUT2D eigenvalue weighted by atomic mass is 10.1. The van der Waals surface area contributed by atoms with E-state index >= 15 is 0 Å². The molecule has 0 saturated heterocycles. The fourth-order valence-corrected chi connectivity index (χ4v) is 1.57. The largest absolute Gasteiger partial charge is 0.444 e. The van der Waals surface area contributed by atoms with Crippen molar-refractivity contribution in [3.8, 4) is 0 Å². The Balaban J connectivity index is 2.44. The van der Waals surface area contributed by atoms with E-state index in [9.17, 15) is 4.79 Å². The van der Waals surface area contributed by atoms with E-state index in [-0.39, 0.29) is 5.92 Å². The highest BCUT2D eigenvalue weighted by molar-refractivity contribution is 9.10. The molecule has 0 aromatic carbocycles. The van der Waals surface area contributed by atoms with Crippen LogP contribution in [0.15, 0.2) is 22.8 Å². The normalized spacial score (nSPS) is 12.9. The number of carbonyl (C=O) groups is 1. The number of halogens is 1. The summed E-state index contributed by atoms with van der Waals surface area (Å²) in [6.45, 7) is 8.03. The quantitative estimate of drug-likeness (QED) is 0.929. The highest BCUT2D eigenvalue weighted by atomic mass is 79.9. The summed E-state index contributed by atoms with van der Waals surface area (Å²) in [6, 6.07) is 3.87. The van der Waals surface area contributed by atoms with Crippen LogP contribution in [0.25, 0.3) is 0 Å². The molecular weight excluding hydrogens is 296 g/mol. The van der Waals surface area contributed by atoms with Gasteiger partial charge in [-0.3, -0.25) is 4.98 Å². The predicted molar refractivity (Wildman–Crippen MR) is 74.6 cm³/mol. The van der Waals surface area contributed by atoms with Crippen LogP contribution in [0.5, 0.6) is 0 Å². The summed E-state index contributed by atoms with van der Waals surface area (Å²) in [7, 11) is 0. The molecule has 1 rings (SSSR count). The average Bonchev–Trinajstić information content (AvgIpc) is 2.24. The van der Waals surface area contributed by atoms with Crippen LogP contribution in [-0.2, 0) is 4.74 Å². The smallest absolute Gasteiger partial charge is 0.407 e. The van der Waals surface area contributed by atoms with E-state index < -0.39 is 11.7 Å². The van der Waals surface area contributed by atoms with Crippen molar-refractivity contribution in [2.75, 3.05) is 6.54 Å². The lowest BCUT2D eigenvalue weighted by molar-refractivity contribution is 0.0525. The molecule has 0 saturated carbocycles. The molecule has 0 fully saturated rings. The van der Waals surface area contributed by atoms with Gasteiger partial charge in [-0.2, -0.15) is 0 Å². The fourth-order valence-electron chi connectivity index (χ4n) is 1.33. The number of pyridine rings is 1. The second-order valence-corrected chi connectivity index (χ2v) is 6.10. The van der Waals surface area contributed by atoms with Crippen LogP contribution >= 0.6 is 15.9 Å². The number of ether oxygens (including phenoxy) is 1. The summed E-state index contributed by atoms with van der Waals surface area (Å²) in [5.74, 6) is 0.144. The number of nitrogens with zero attached hydrogens (tertiary/aromatic N) is 1. The van der Waals surface area contributed by atoms with E-state index in [0.29, 0.717) is 6.54 Å². The van der Waals surface area contributed by atoms with E-state index in [1.54, 1.807) is 6.20 Å². The number of amides is 1. The van der Waals surface area contributed by atoms with Crippen molar-refractivity contribution in [3.63, 3.8) is 0 Å². The minimum Gasteiger partial charge on any atom is -0.444 e. The van der Waals surface area contributed by atoms with Crippen molar-refractivity contribution < 1.29 is 9.53 Å². The monoisotopic (exact) mass is 314 g/mol. The van der Waals surface area contributed by atoms with Crippen LogP contribution in [0.4, 0.5) is 4.79 Å². The first kappa shape index (κ1) is 15.0. The molecule has 1 aromatic rings. The molecule has 0 aliphatic rings. The van der Waals surface area contributed by atoms with Crippen molar-refractivity contribution in [3.05, 3.63) is 28.5 Å². The Labute approximate surface area is 116 Å². The zero-order chi connectivity index (χ0) is 13.8. The minimum absolute atomic E-state index is 0.144. The van der Waals surface area contributed by atoms with Crippen LogP contribution in [0.1, 0.15) is 39.3 Å². The number of hydrogen-bond acceptors (Lipinski definition) is 3. The Kier molecular flexibility index (Phi) is 5.14. The van der Waals surface area contributed by atoms with Gasteiger partial charge >= 0.3 is 6.09 Å². The minimum atomic E-state index is -0.469. The maximum absolute atomic E-state index is 11.5. The molecule has 0 bridgehead atoms. The molecule has 1 heterocycles. The zero-order valence-corrected chi connectivity index (χ0v) is 12.7. The van der Waals surface area contributed by atoms with E-state index in [1.165, 1.54) is 0 Å². The Morgan fingerprint density at radius 2 is 2.17 bits per heavy atom. The molecule has 0 aliphatic carbocycles. The third kappa shape index (κ3) is 5.49. The Morgan fingerprint density at radius 1 is 1.50 bits per heavy atom. The Morgan fingerprint density at radius 3 is 2.67 bits per heavy atom. The van der Waals surface area contributed by atoms with Crippen molar-refractivity contribution in [2.45, 2.75) is 39.2 Å². The van der Waals surface area contributed by atoms with Gasteiger partial charge in [-0.05, 0) is 48.8 Å². The SMILES string of the molecule is CC(CNC(=O)OC(C)(C)C)c1ccc(Br)cn1. The van der Waals surface area contributed by atoms with Crippen LogP contribution in [0.2, 0.25) is 0 Å². The molecule has 5 heteroatoms. The molecule has 0 aliphatic heterocycles. The van der Waals surface area contributed by atoms with Crippen LogP contribution < -0.4 is 5.32 Å². The number of aromatic nitrogens is 1. The molecule has 1 amide bonds. The molecule has 0 radical (unpaired) electrons. The lowest BCUT2D eigenvalue weighted by Crippen LogP contribution is -2.34. The standard InChI is InChI=1S/C13H19BrN2O2/c1-9(11-6-5-10(14)8-15-11)7-16-12(17)18-13(2,3)4/h5-6,8-9H,7H2,1-4H3,(H,16,17). The highest BCUT2D eigenvalue weighted by Gasteiger charge is 2.16. The van der Waals surface area contributed by atoms with Crippen molar-refractivity contribution in [1.82, 2.24) is 10.3 Å². The Hall–Kier alpha value is -1.10. The number of rotatable bonds is 3. The second kappa shape index (κ2) is 6.18. The number of carbonyl (C=O) groups excluding carboxylic acids is 1. The van der Waals surface area contributed by atoms with Gasteiger partial charge in [0, 0.05) is 28.8 Å². The highest BCUT2D eigenvalue weighted by Crippen LogP contribution is 2.15. The van der Waals surface area contributed by atoms with Crippen molar-refractivity contribution in [1.29, 1.82) is 0 Å². The van der Waals surface area contributed by atoms with Gasteiger partial charge in [-0.15, -0.1) is 0 Å². The first-order chi connectivity index (χ1) is 8.28. The third-order valence-corrected chi connectivity index (χ3v) is 2.68. The molecule has 1 unspecified atom stereocenters. The molecule has 4 nitrogen and oxygen atoms in total. The van der Waals surface area contributed by atoms with E-state index in [2.05, 4.69) is 26.2 Å². The van der Waals surface area contributed by atoms with Gasteiger partial charge in [-0.1, -0.05) is 6.92 Å². The summed E-state index contributed by atoms with van der Waals surface area (Å²) in [5.41, 5.74) is 0.470. The van der Waals surface area contributed by atoms with Gasteiger partial charge in [0.15, 0.2) is 0 Å². The van der Waals surface area contributed by atoms with Gasteiger partial charge in [0.2, 0.25) is 0 Å². The molecular formula is C13H19BrN2O2. The fraction of sp³-hybridized carbons (Fsp3) is 0.538. The summed E-state index contributed by atoms with van der Waals surface area (Å²) < 4.78 is 6.11. The summed E-state index contributed by atoms with van der Waals surface area (Å²) >= 11 is 3.34. The number of alkyl carbamates (subject to hydrolysis) is 1. The topological polar surface area (TPSA) is 51.2 Å². The molecule has 1 aromatic heterocycles. The molecule has 1 N–H and O–H groups in total. The van der Waals surface area contributed by atoms with E-state index in [0.717, 1.165) is 10.2 Å². The van der Waals surface area contributed by atoms with Gasteiger partial charge in [0.25, 0.3) is 0 Å². The average molecular weight is 315 g/mol. The summed E-state index contributed by atoms with van der Waals surface area (Å²) in [6.07, 6.45) is 1.35. The molecule has 18 heavy (non-hydrogen) atoms. The van der Waals surface area contributed by atoms with Crippen molar-refractivity contribution in [2.24, 2.45) is 0 Å². The van der Waals surface area contributed by atoms with Gasteiger partial charge in [0.05, 0.1) is 0 Å². The zero-order valence-electron chi connectivity index (χ0n) is 11.2. The Bertz CT molecular complexity index is 398. The molecule has 100 valence electrons. The van der Waals surface area contributed by atoms with Gasteiger partial charge in [-0.25, -0.2) is 4.79 Å². The van der Waals surface area contributed by atoms with Crippen LogP contribution in [0, 0.1) is 0 Å². The third-order valence-electron chi connectivity index (χ3n) is 2.21. The van der Waals surface area contributed by atoms with Gasteiger partial charge in [0.1, 0.15) is 5.60 Å². The number of nitrogens with one attached hydrogen (secondary N) is 1. The maximum atomic E-state index is 11.5. The lowest BCUT2D eigenvalue weighted by Gasteiger charge is -2.20. The first-order valence-corrected chi connectivity index (χ1v) is 6.65. The van der Waals surface area contributed by atoms with Crippen LogP contribution in [0.3, 0.4) is 0 Å².